The molecule has 0 radical (unpaired) electrons. The van der Waals surface area contributed by atoms with Gasteiger partial charge in [-0.3, -0.25) is 9.69 Å². The minimum absolute atomic E-state index is 0.0191. The molecule has 1 amide bonds. The standard InChI is InChI=1S/C22H26N2O5/c1-27-18-5-2-16(3-6-18)13-23-21(25)14-24-10-8-22(26,9-11-24)17-4-7-19-20(12-17)29-15-28-19/h2-7,12,26H,8-11,13-15H2,1H3,(H,23,25). The lowest BCUT2D eigenvalue weighted by Gasteiger charge is -2.38. The van der Waals surface area contributed by atoms with Crippen molar-refractivity contribution in [2.45, 2.75) is 25.0 Å². The van der Waals surface area contributed by atoms with Gasteiger partial charge >= 0.3 is 0 Å². The summed E-state index contributed by atoms with van der Waals surface area (Å²) in [5, 5.41) is 14.0. The van der Waals surface area contributed by atoms with Gasteiger partial charge in [0.25, 0.3) is 0 Å². The van der Waals surface area contributed by atoms with Gasteiger partial charge in [0.05, 0.1) is 19.3 Å². The van der Waals surface area contributed by atoms with E-state index in [-0.39, 0.29) is 12.7 Å². The van der Waals surface area contributed by atoms with Gasteiger partial charge in [-0.05, 0) is 48.2 Å². The van der Waals surface area contributed by atoms with Crippen molar-refractivity contribution in [1.82, 2.24) is 10.2 Å². The van der Waals surface area contributed by atoms with E-state index in [0.29, 0.717) is 50.5 Å². The molecule has 154 valence electrons. The molecule has 0 spiro atoms. The van der Waals surface area contributed by atoms with E-state index >= 15 is 0 Å². The molecule has 0 saturated carbocycles. The van der Waals surface area contributed by atoms with Crippen LogP contribution in [-0.2, 0) is 16.9 Å². The number of amides is 1. The smallest absolute Gasteiger partial charge is 0.234 e. The number of nitrogens with zero attached hydrogens (tertiary/aromatic N) is 1. The Kier molecular flexibility index (Phi) is 5.60. The number of nitrogens with one attached hydrogen (secondary N) is 1. The Balaban J connectivity index is 1.26. The minimum Gasteiger partial charge on any atom is -0.497 e. The van der Waals surface area contributed by atoms with E-state index in [1.807, 2.05) is 42.5 Å². The zero-order valence-corrected chi connectivity index (χ0v) is 16.5. The van der Waals surface area contributed by atoms with E-state index in [4.69, 9.17) is 14.2 Å². The summed E-state index contributed by atoms with van der Waals surface area (Å²) in [7, 11) is 1.63. The molecule has 4 rings (SSSR count). The minimum atomic E-state index is -0.906. The second kappa shape index (κ2) is 8.31. The van der Waals surface area contributed by atoms with Gasteiger partial charge in [-0.25, -0.2) is 0 Å². The molecule has 1 fully saturated rings. The van der Waals surface area contributed by atoms with E-state index < -0.39 is 5.60 Å². The first-order valence-electron chi connectivity index (χ1n) is 9.80. The summed E-state index contributed by atoms with van der Waals surface area (Å²) < 4.78 is 15.9. The van der Waals surface area contributed by atoms with Crippen LogP contribution in [0.5, 0.6) is 17.2 Å². The molecule has 7 nitrogen and oxygen atoms in total. The third kappa shape index (κ3) is 4.46. The van der Waals surface area contributed by atoms with Crippen LogP contribution in [0.25, 0.3) is 0 Å². The Hall–Kier alpha value is -2.77. The summed E-state index contributed by atoms with van der Waals surface area (Å²) in [5.74, 6) is 2.16. The molecule has 0 aliphatic carbocycles. The summed E-state index contributed by atoms with van der Waals surface area (Å²) in [4.78, 5) is 14.4. The SMILES string of the molecule is COc1ccc(CNC(=O)CN2CCC(O)(c3ccc4c(c3)OCO4)CC2)cc1. The fourth-order valence-corrected chi connectivity index (χ4v) is 3.76. The van der Waals surface area contributed by atoms with Crippen molar-refractivity contribution in [2.24, 2.45) is 0 Å². The van der Waals surface area contributed by atoms with Gasteiger partial charge in [0.1, 0.15) is 5.75 Å². The van der Waals surface area contributed by atoms with Gasteiger partial charge in [0, 0.05) is 19.6 Å². The van der Waals surface area contributed by atoms with Crippen molar-refractivity contribution in [1.29, 1.82) is 0 Å². The van der Waals surface area contributed by atoms with Crippen molar-refractivity contribution in [3.05, 3.63) is 53.6 Å². The number of ether oxygens (including phenoxy) is 3. The van der Waals surface area contributed by atoms with Crippen molar-refractivity contribution >= 4 is 5.91 Å². The van der Waals surface area contributed by atoms with E-state index in [9.17, 15) is 9.90 Å². The molecular formula is C22H26N2O5. The molecule has 2 N–H and O–H groups in total. The van der Waals surface area contributed by atoms with Gasteiger partial charge in [-0.2, -0.15) is 0 Å². The Morgan fingerprint density at radius 2 is 1.86 bits per heavy atom. The molecule has 1 saturated heterocycles. The highest BCUT2D eigenvalue weighted by molar-refractivity contribution is 5.78. The van der Waals surface area contributed by atoms with Crippen molar-refractivity contribution < 1.29 is 24.1 Å². The summed E-state index contributed by atoms with van der Waals surface area (Å²) >= 11 is 0. The number of hydrogen-bond acceptors (Lipinski definition) is 6. The number of fused-ring (bicyclic) bond motifs is 1. The zero-order valence-electron chi connectivity index (χ0n) is 16.5. The lowest BCUT2D eigenvalue weighted by molar-refractivity contribution is -0.123. The molecule has 7 heteroatoms. The molecule has 0 aromatic heterocycles. The lowest BCUT2D eigenvalue weighted by atomic mass is 9.84. The number of carbonyl (C=O) groups excluding carboxylic acids is 1. The number of carbonyl (C=O) groups is 1. The third-order valence-electron chi connectivity index (χ3n) is 5.61. The number of likely N-dealkylation sites (tertiary alicyclic amines) is 1. The molecule has 0 unspecified atom stereocenters. The number of benzene rings is 2. The first-order valence-corrected chi connectivity index (χ1v) is 9.80. The highest BCUT2D eigenvalue weighted by atomic mass is 16.7. The third-order valence-corrected chi connectivity index (χ3v) is 5.61. The van der Waals surface area contributed by atoms with Crippen LogP contribution in [0.2, 0.25) is 0 Å². The summed E-state index contributed by atoms with van der Waals surface area (Å²) in [6.45, 7) is 2.34. The molecule has 2 aliphatic rings. The van der Waals surface area contributed by atoms with Crippen LogP contribution in [-0.4, -0.2) is 49.5 Å². The predicted molar refractivity (Wildman–Crippen MR) is 107 cm³/mol. The maximum absolute atomic E-state index is 12.3. The maximum atomic E-state index is 12.3. The normalized spacial score (nSPS) is 17.7. The maximum Gasteiger partial charge on any atom is 0.234 e. The highest BCUT2D eigenvalue weighted by Crippen LogP contribution is 2.39. The summed E-state index contributed by atoms with van der Waals surface area (Å²) in [5.41, 5.74) is 0.956. The Bertz CT molecular complexity index is 860. The molecule has 2 aromatic rings. The van der Waals surface area contributed by atoms with Gasteiger partial charge in [0.2, 0.25) is 12.7 Å². The van der Waals surface area contributed by atoms with E-state index in [0.717, 1.165) is 16.9 Å². The van der Waals surface area contributed by atoms with Crippen molar-refractivity contribution in [3.63, 3.8) is 0 Å². The number of methoxy groups -OCH3 is 1. The first kappa shape index (κ1) is 19.5. The second-order valence-corrected chi connectivity index (χ2v) is 7.50. The summed E-state index contributed by atoms with van der Waals surface area (Å²) in [6, 6.07) is 13.2. The van der Waals surface area contributed by atoms with Gasteiger partial charge in [-0.15, -0.1) is 0 Å². The number of aliphatic hydroxyl groups is 1. The van der Waals surface area contributed by atoms with E-state index in [2.05, 4.69) is 10.2 Å². The lowest BCUT2D eigenvalue weighted by Crippen LogP contribution is -2.46. The molecule has 29 heavy (non-hydrogen) atoms. The molecule has 2 aliphatic heterocycles. The van der Waals surface area contributed by atoms with Crippen LogP contribution < -0.4 is 19.5 Å². The average molecular weight is 398 g/mol. The number of hydrogen-bond donors (Lipinski definition) is 2. The van der Waals surface area contributed by atoms with Crippen LogP contribution in [0.15, 0.2) is 42.5 Å². The molecular weight excluding hydrogens is 372 g/mol. The van der Waals surface area contributed by atoms with Crippen molar-refractivity contribution in [2.75, 3.05) is 33.5 Å². The predicted octanol–water partition coefficient (Wildman–Crippen LogP) is 2.02. The monoisotopic (exact) mass is 398 g/mol. The molecule has 0 atom stereocenters. The van der Waals surface area contributed by atoms with Crippen LogP contribution >= 0.6 is 0 Å². The average Bonchev–Trinajstić information content (AvgIpc) is 3.22. The van der Waals surface area contributed by atoms with Crippen LogP contribution in [0, 0.1) is 0 Å². The first-order chi connectivity index (χ1) is 14.1. The van der Waals surface area contributed by atoms with Gasteiger partial charge in [-0.1, -0.05) is 18.2 Å². The second-order valence-electron chi connectivity index (χ2n) is 7.50. The van der Waals surface area contributed by atoms with E-state index in [1.165, 1.54) is 0 Å². The Labute approximate surface area is 170 Å². The van der Waals surface area contributed by atoms with Crippen LogP contribution in [0.1, 0.15) is 24.0 Å². The van der Waals surface area contributed by atoms with Crippen LogP contribution in [0.3, 0.4) is 0 Å². The quantitative estimate of drug-likeness (QED) is 0.775. The topological polar surface area (TPSA) is 80.3 Å². The van der Waals surface area contributed by atoms with E-state index in [1.54, 1.807) is 7.11 Å². The van der Waals surface area contributed by atoms with Gasteiger partial charge < -0.3 is 24.6 Å². The number of rotatable bonds is 6. The molecule has 2 heterocycles. The number of piperidine rings is 1. The fourth-order valence-electron chi connectivity index (χ4n) is 3.76. The van der Waals surface area contributed by atoms with Crippen LogP contribution in [0.4, 0.5) is 0 Å². The molecule has 0 bridgehead atoms. The fraction of sp³-hybridized carbons (Fsp3) is 0.409. The summed E-state index contributed by atoms with van der Waals surface area (Å²) in [6.07, 6.45) is 1.14. The molecule has 2 aromatic carbocycles. The Morgan fingerprint density at radius 1 is 1.14 bits per heavy atom. The van der Waals surface area contributed by atoms with Gasteiger partial charge in [0.15, 0.2) is 11.5 Å². The Morgan fingerprint density at radius 3 is 2.59 bits per heavy atom. The highest BCUT2D eigenvalue weighted by Gasteiger charge is 2.35. The van der Waals surface area contributed by atoms with Crippen molar-refractivity contribution in [3.8, 4) is 17.2 Å². The largest absolute Gasteiger partial charge is 0.497 e. The zero-order chi connectivity index (χ0) is 20.3.